The van der Waals surface area contributed by atoms with E-state index < -0.39 is 5.97 Å². The number of carbonyl (C=O) groups excluding carboxylic acids is 1. The first-order valence-electron chi connectivity index (χ1n) is 6.50. The molecule has 21 heavy (non-hydrogen) atoms. The zero-order chi connectivity index (χ0) is 15.1. The second-order valence-electron chi connectivity index (χ2n) is 4.10. The molecule has 0 aliphatic rings. The summed E-state index contributed by atoms with van der Waals surface area (Å²) < 4.78 is 16.9. The zero-order valence-electron chi connectivity index (χ0n) is 11.5. The fraction of sp³-hybridized carbons (Fsp3) is 0.188. The zero-order valence-corrected chi connectivity index (χ0v) is 13.1. The van der Waals surface area contributed by atoms with Crippen molar-refractivity contribution in [3.63, 3.8) is 0 Å². The second-order valence-corrected chi connectivity index (χ2v) is 5.02. The molecule has 2 aromatic carbocycles. The molecule has 5 heteroatoms. The summed E-state index contributed by atoms with van der Waals surface area (Å²) in [6.45, 7) is 2.20. The Labute approximate surface area is 131 Å². The van der Waals surface area contributed by atoms with Crippen LogP contribution in [0.1, 0.15) is 6.92 Å². The lowest BCUT2D eigenvalue weighted by molar-refractivity contribution is -0.136. The average molecular weight is 351 g/mol. The van der Waals surface area contributed by atoms with Gasteiger partial charge in [-0.25, -0.2) is 4.79 Å². The van der Waals surface area contributed by atoms with Crippen molar-refractivity contribution in [2.45, 2.75) is 6.92 Å². The van der Waals surface area contributed by atoms with Gasteiger partial charge in [-0.3, -0.25) is 0 Å². The van der Waals surface area contributed by atoms with Gasteiger partial charge < -0.3 is 14.2 Å². The fourth-order valence-electron chi connectivity index (χ4n) is 1.66. The van der Waals surface area contributed by atoms with Gasteiger partial charge in [-0.1, -0.05) is 34.1 Å². The number of halogens is 1. The van der Waals surface area contributed by atoms with E-state index in [0.717, 1.165) is 4.47 Å². The van der Waals surface area contributed by atoms with Crippen LogP contribution in [0.5, 0.6) is 17.2 Å². The lowest BCUT2D eigenvalue weighted by atomic mass is 10.3. The highest BCUT2D eigenvalue weighted by molar-refractivity contribution is 9.10. The Morgan fingerprint density at radius 2 is 1.81 bits per heavy atom. The van der Waals surface area contributed by atoms with Crippen LogP contribution in [-0.2, 0) is 4.79 Å². The molecule has 4 nitrogen and oxygen atoms in total. The van der Waals surface area contributed by atoms with Gasteiger partial charge in [0.1, 0.15) is 5.75 Å². The number of esters is 1. The molecule has 0 N–H and O–H groups in total. The quantitative estimate of drug-likeness (QED) is 0.586. The normalized spacial score (nSPS) is 10.0. The highest BCUT2D eigenvalue weighted by Crippen LogP contribution is 2.26. The number of benzene rings is 2. The Balaban J connectivity index is 1.93. The highest BCUT2D eigenvalue weighted by Gasteiger charge is 2.10. The minimum absolute atomic E-state index is 0.170. The van der Waals surface area contributed by atoms with E-state index in [-0.39, 0.29) is 6.61 Å². The number of hydrogen-bond acceptors (Lipinski definition) is 4. The molecule has 0 aliphatic heterocycles. The Bertz CT molecular complexity index is 613. The lowest BCUT2D eigenvalue weighted by Gasteiger charge is -2.10. The van der Waals surface area contributed by atoms with Crippen LogP contribution in [0.15, 0.2) is 53.0 Å². The minimum Gasteiger partial charge on any atom is -0.490 e. The van der Waals surface area contributed by atoms with Crippen LogP contribution in [0.2, 0.25) is 0 Å². The average Bonchev–Trinajstić information content (AvgIpc) is 2.48. The van der Waals surface area contributed by atoms with Gasteiger partial charge in [-0.2, -0.15) is 0 Å². The molecule has 0 fully saturated rings. The third kappa shape index (κ3) is 4.79. The Morgan fingerprint density at radius 1 is 1.05 bits per heavy atom. The van der Waals surface area contributed by atoms with Crippen molar-refractivity contribution >= 4 is 21.9 Å². The van der Waals surface area contributed by atoms with Gasteiger partial charge in [0.2, 0.25) is 0 Å². The van der Waals surface area contributed by atoms with Gasteiger partial charge in [-0.15, -0.1) is 0 Å². The molecule has 0 aromatic heterocycles. The van der Waals surface area contributed by atoms with Gasteiger partial charge in [-0.05, 0) is 37.3 Å². The lowest BCUT2D eigenvalue weighted by Crippen LogP contribution is -2.18. The molecule has 0 bridgehead atoms. The summed E-state index contributed by atoms with van der Waals surface area (Å²) in [6, 6.07) is 14.3. The maximum Gasteiger partial charge on any atom is 0.349 e. The van der Waals surface area contributed by atoms with Crippen LogP contribution in [0.3, 0.4) is 0 Å². The van der Waals surface area contributed by atoms with E-state index in [1.807, 2.05) is 25.1 Å². The van der Waals surface area contributed by atoms with Gasteiger partial charge >= 0.3 is 5.97 Å². The van der Waals surface area contributed by atoms with Gasteiger partial charge in [0, 0.05) is 4.47 Å². The molecule has 0 saturated heterocycles. The maximum atomic E-state index is 11.8. The van der Waals surface area contributed by atoms with Crippen LogP contribution in [0.4, 0.5) is 0 Å². The molecule has 0 atom stereocenters. The van der Waals surface area contributed by atoms with Crippen LogP contribution in [-0.4, -0.2) is 19.2 Å². The third-order valence-corrected chi connectivity index (χ3v) is 3.02. The van der Waals surface area contributed by atoms with E-state index in [1.54, 1.807) is 30.3 Å². The van der Waals surface area contributed by atoms with Crippen LogP contribution in [0, 0.1) is 0 Å². The van der Waals surface area contributed by atoms with Crippen LogP contribution < -0.4 is 14.2 Å². The third-order valence-electron chi connectivity index (χ3n) is 2.53. The van der Waals surface area contributed by atoms with Crippen molar-refractivity contribution < 1.29 is 19.0 Å². The highest BCUT2D eigenvalue weighted by atomic mass is 79.9. The van der Waals surface area contributed by atoms with Crippen molar-refractivity contribution in [2.75, 3.05) is 13.2 Å². The summed E-state index contributed by atoms with van der Waals surface area (Å²) in [6.07, 6.45) is 0. The van der Waals surface area contributed by atoms with Gasteiger partial charge in [0.05, 0.1) is 6.61 Å². The molecule has 2 rings (SSSR count). The number of rotatable bonds is 6. The Hall–Kier alpha value is -2.01. The molecule has 0 amide bonds. The molecule has 110 valence electrons. The molecular formula is C16H15BrO4. The summed E-state index contributed by atoms with van der Waals surface area (Å²) in [5, 5.41) is 0. The van der Waals surface area contributed by atoms with Crippen molar-refractivity contribution in [1.29, 1.82) is 0 Å². The first-order chi connectivity index (χ1) is 10.2. The largest absolute Gasteiger partial charge is 0.490 e. The van der Waals surface area contributed by atoms with Crippen molar-refractivity contribution in [1.82, 2.24) is 0 Å². The van der Waals surface area contributed by atoms with Crippen LogP contribution in [0.25, 0.3) is 0 Å². The van der Waals surface area contributed by atoms with Crippen molar-refractivity contribution in [3.8, 4) is 17.2 Å². The molecular weight excluding hydrogens is 336 g/mol. The van der Waals surface area contributed by atoms with E-state index >= 15 is 0 Å². The topological polar surface area (TPSA) is 44.8 Å². The molecule has 0 aliphatic carbocycles. The molecule has 0 saturated carbocycles. The predicted molar refractivity (Wildman–Crippen MR) is 82.9 cm³/mol. The van der Waals surface area contributed by atoms with Gasteiger partial charge in [0.15, 0.2) is 18.1 Å². The molecule has 0 spiro atoms. The summed E-state index contributed by atoms with van der Waals surface area (Å²) >= 11 is 3.34. The summed E-state index contributed by atoms with van der Waals surface area (Å²) in [5.41, 5.74) is 0. The van der Waals surface area contributed by atoms with Crippen LogP contribution >= 0.6 is 15.9 Å². The SMILES string of the molecule is CCOc1ccccc1OC(=O)COc1cccc(Br)c1. The second kappa shape index (κ2) is 7.69. The number of para-hydroxylation sites is 2. The molecule has 0 radical (unpaired) electrons. The summed E-state index contributed by atoms with van der Waals surface area (Å²) in [4.78, 5) is 11.8. The standard InChI is InChI=1S/C16H15BrO4/c1-2-19-14-8-3-4-9-15(14)21-16(18)11-20-13-7-5-6-12(17)10-13/h3-10H,2,11H2,1H3. The van der Waals surface area contributed by atoms with Crippen molar-refractivity contribution in [3.05, 3.63) is 53.0 Å². The first kappa shape index (κ1) is 15.4. The molecule has 0 heterocycles. The van der Waals surface area contributed by atoms with E-state index in [4.69, 9.17) is 14.2 Å². The van der Waals surface area contributed by atoms with E-state index in [9.17, 15) is 4.79 Å². The van der Waals surface area contributed by atoms with Crippen molar-refractivity contribution in [2.24, 2.45) is 0 Å². The molecule has 2 aromatic rings. The maximum absolute atomic E-state index is 11.8. The number of carbonyl (C=O) groups is 1. The smallest absolute Gasteiger partial charge is 0.349 e. The van der Waals surface area contributed by atoms with E-state index in [2.05, 4.69) is 15.9 Å². The first-order valence-corrected chi connectivity index (χ1v) is 7.29. The Kier molecular flexibility index (Phi) is 5.63. The van der Waals surface area contributed by atoms with E-state index in [1.165, 1.54) is 0 Å². The summed E-state index contributed by atoms with van der Waals surface area (Å²) in [7, 11) is 0. The predicted octanol–water partition coefficient (Wildman–Crippen LogP) is 3.83. The minimum atomic E-state index is -0.484. The number of hydrogen-bond donors (Lipinski definition) is 0. The number of ether oxygens (including phenoxy) is 3. The Morgan fingerprint density at radius 3 is 2.52 bits per heavy atom. The summed E-state index contributed by atoms with van der Waals surface area (Å²) in [5.74, 6) is 1.04. The fourth-order valence-corrected chi connectivity index (χ4v) is 2.04. The molecule has 0 unspecified atom stereocenters. The van der Waals surface area contributed by atoms with Gasteiger partial charge in [0.25, 0.3) is 0 Å². The monoisotopic (exact) mass is 350 g/mol. The van der Waals surface area contributed by atoms with E-state index in [0.29, 0.717) is 23.9 Å².